The number of nitrogens with two attached hydrogens (primary N) is 5. The van der Waals surface area contributed by atoms with Gasteiger partial charge >= 0.3 is 0 Å². The molecule has 0 spiro atoms. The molecule has 0 aliphatic carbocycles. The highest BCUT2D eigenvalue weighted by Crippen LogP contribution is 2.10. The van der Waals surface area contributed by atoms with E-state index in [-0.39, 0.29) is 19.9 Å². The minimum absolute atomic E-state index is 0.0278. The molecule has 18 nitrogen and oxygen atoms in total. The Morgan fingerprint density at radius 3 is 1.75 bits per heavy atom. The standard InChI is InChI=1S/C8H11NO3S.2C6H8N2O.C3H6N4O.C2H4N2O/c1-13(10,11)8-4-2-7(3-5-8)6-12-9;7-9-5-6-1-3-8-4-2-6;7-9-5-6-2-1-3-8-4-6;4-8-3-7-2-5-1-6-7;3-1-2-5-4/h2-5H,6,9H2,1H3;2*1-4H,5,7H2;1-2H,3-4H2;2,4H2. The number of hydrogen-bond donors (Lipinski definition) is 5. The molecule has 0 radical (unpaired) electrons. The maximum atomic E-state index is 11.0. The summed E-state index contributed by atoms with van der Waals surface area (Å²) in [5.74, 6) is 23.7. The Kier molecular flexibility index (Phi) is 23.8. The molecule has 240 valence electrons. The van der Waals surface area contributed by atoms with Gasteiger partial charge in [0.1, 0.15) is 12.7 Å². The van der Waals surface area contributed by atoms with E-state index in [1.165, 1.54) is 35.7 Å². The van der Waals surface area contributed by atoms with Gasteiger partial charge in [0, 0.05) is 31.0 Å². The van der Waals surface area contributed by atoms with E-state index in [2.05, 4.69) is 50.1 Å². The zero-order chi connectivity index (χ0) is 32.9. The highest BCUT2D eigenvalue weighted by Gasteiger charge is 2.05. The number of rotatable bonds is 10. The Morgan fingerprint density at radius 1 is 0.750 bits per heavy atom. The Hall–Kier alpha value is -4.30. The van der Waals surface area contributed by atoms with Crippen molar-refractivity contribution in [1.82, 2.24) is 24.7 Å². The highest BCUT2D eigenvalue weighted by atomic mass is 32.2. The third-order valence-electron chi connectivity index (χ3n) is 4.39. The molecule has 0 saturated carbocycles. The number of pyridine rings is 2. The van der Waals surface area contributed by atoms with E-state index in [4.69, 9.17) is 28.8 Å². The van der Waals surface area contributed by atoms with Crippen LogP contribution in [0.3, 0.4) is 0 Å². The predicted octanol–water partition coefficient (Wildman–Crippen LogP) is -0.0496. The van der Waals surface area contributed by atoms with Crippen molar-refractivity contribution in [2.75, 3.05) is 12.9 Å². The van der Waals surface area contributed by atoms with Gasteiger partial charge in [-0.1, -0.05) is 18.2 Å². The largest absolute Gasteiger partial charge is 0.300 e. The highest BCUT2D eigenvalue weighted by molar-refractivity contribution is 7.90. The molecule has 0 saturated heterocycles. The Balaban J connectivity index is 0.000000541. The van der Waals surface area contributed by atoms with Crippen LogP contribution < -0.4 is 29.5 Å². The van der Waals surface area contributed by atoms with Crippen LogP contribution in [0.25, 0.3) is 0 Å². The van der Waals surface area contributed by atoms with Crippen molar-refractivity contribution in [3.05, 3.63) is 103 Å². The molecule has 0 aliphatic heterocycles. The lowest BCUT2D eigenvalue weighted by Crippen LogP contribution is -2.06. The third-order valence-corrected chi connectivity index (χ3v) is 5.52. The fraction of sp³-hybridized carbons (Fsp3) is 0.240. The number of benzene rings is 1. The number of nitriles is 1. The number of hydrogen-bond acceptors (Lipinski definition) is 17. The molecule has 19 heteroatoms. The molecule has 0 amide bonds. The average Bonchev–Trinajstić information content (AvgIpc) is 3.54. The van der Waals surface area contributed by atoms with E-state index >= 15 is 0 Å². The molecule has 0 aliphatic rings. The molecule has 3 aromatic heterocycles. The SMILES string of the molecule is CS(=O)(=O)c1ccc(CON)cc1.N#CCON.NOCc1cccnc1.NOCc1ccncc1.NOCn1cncn1. The molecule has 3 heterocycles. The lowest BCUT2D eigenvalue weighted by Gasteiger charge is -2.00. The van der Waals surface area contributed by atoms with Crippen molar-refractivity contribution in [3.63, 3.8) is 0 Å². The fourth-order valence-corrected chi connectivity index (χ4v) is 3.13. The van der Waals surface area contributed by atoms with E-state index in [0.717, 1.165) is 16.7 Å². The van der Waals surface area contributed by atoms with Crippen LogP contribution in [0.15, 0.2) is 90.9 Å². The molecule has 0 atom stereocenters. The summed E-state index contributed by atoms with van der Waals surface area (Å²) in [6.45, 7) is 1.38. The van der Waals surface area contributed by atoms with Crippen LogP contribution in [-0.4, -0.2) is 46.0 Å². The van der Waals surface area contributed by atoms with Crippen molar-refractivity contribution in [3.8, 4) is 6.07 Å². The molecule has 44 heavy (non-hydrogen) atoms. The van der Waals surface area contributed by atoms with E-state index in [0.29, 0.717) is 18.1 Å². The summed E-state index contributed by atoms with van der Waals surface area (Å²) < 4.78 is 23.6. The molecule has 4 rings (SSSR count). The molecule has 10 N–H and O–H groups in total. The minimum Gasteiger partial charge on any atom is -0.300 e. The average molecular weight is 636 g/mol. The summed E-state index contributed by atoms with van der Waals surface area (Å²) in [5, 5.41) is 11.3. The fourth-order valence-electron chi connectivity index (χ4n) is 2.50. The number of nitrogens with zero attached hydrogens (tertiary/aromatic N) is 6. The third kappa shape index (κ3) is 21.4. The van der Waals surface area contributed by atoms with Gasteiger partial charge in [-0.2, -0.15) is 10.4 Å². The van der Waals surface area contributed by atoms with Crippen LogP contribution in [0.5, 0.6) is 0 Å². The molecule has 1 aromatic carbocycles. The van der Waals surface area contributed by atoms with Crippen molar-refractivity contribution in [2.45, 2.75) is 31.4 Å². The van der Waals surface area contributed by atoms with Gasteiger partial charge in [-0.15, -0.1) is 0 Å². The molecule has 0 unspecified atom stereocenters. The summed E-state index contributed by atoms with van der Waals surface area (Å²) >= 11 is 0. The van der Waals surface area contributed by atoms with Gasteiger partial charge in [0.2, 0.25) is 0 Å². The second kappa shape index (κ2) is 26.3. The number of sulfone groups is 1. The summed E-state index contributed by atoms with van der Waals surface area (Å²) in [4.78, 5) is 32.9. The first kappa shape index (κ1) is 39.7. The van der Waals surface area contributed by atoms with Gasteiger partial charge in [0.05, 0.1) is 30.8 Å². The van der Waals surface area contributed by atoms with Crippen molar-refractivity contribution >= 4 is 9.84 Å². The zero-order valence-corrected chi connectivity index (χ0v) is 24.8. The van der Waals surface area contributed by atoms with E-state index in [1.807, 2.05) is 24.3 Å². The maximum absolute atomic E-state index is 11.0. The maximum Gasteiger partial charge on any atom is 0.175 e. The molecule has 0 bridgehead atoms. The zero-order valence-electron chi connectivity index (χ0n) is 24.0. The van der Waals surface area contributed by atoms with E-state index in [1.54, 1.807) is 43.0 Å². The lowest BCUT2D eigenvalue weighted by molar-refractivity contribution is 0.0694. The Labute approximate surface area is 255 Å². The van der Waals surface area contributed by atoms with Gasteiger partial charge in [-0.25, -0.2) is 47.6 Å². The van der Waals surface area contributed by atoms with E-state index in [9.17, 15) is 8.42 Å². The van der Waals surface area contributed by atoms with Crippen molar-refractivity contribution < 1.29 is 32.6 Å². The van der Waals surface area contributed by atoms with Crippen LogP contribution in [0.2, 0.25) is 0 Å². The summed E-state index contributed by atoms with van der Waals surface area (Å²) in [7, 11) is -3.11. The van der Waals surface area contributed by atoms with Crippen LogP contribution in [0.4, 0.5) is 0 Å². The molecular formula is C25H37N11O7S. The van der Waals surface area contributed by atoms with Gasteiger partial charge in [-0.05, 0) is 47.0 Å². The summed E-state index contributed by atoms with van der Waals surface area (Å²) in [6.07, 6.45) is 10.9. The first-order valence-electron chi connectivity index (χ1n) is 12.1. The second-order valence-electron chi connectivity index (χ2n) is 7.77. The minimum atomic E-state index is -3.11. The normalized spacial score (nSPS) is 9.75. The van der Waals surface area contributed by atoms with Crippen LogP contribution in [0, 0.1) is 11.3 Å². The Morgan fingerprint density at radius 2 is 1.34 bits per heavy atom. The van der Waals surface area contributed by atoms with Crippen LogP contribution in [0.1, 0.15) is 16.7 Å². The topological polar surface area (TPSA) is 291 Å². The first-order chi connectivity index (χ1) is 21.2. The Bertz CT molecular complexity index is 1310. The van der Waals surface area contributed by atoms with Crippen LogP contribution >= 0.6 is 0 Å². The lowest BCUT2D eigenvalue weighted by atomic mass is 10.2. The van der Waals surface area contributed by atoms with Gasteiger partial charge in [0.25, 0.3) is 0 Å². The predicted molar refractivity (Wildman–Crippen MR) is 156 cm³/mol. The summed E-state index contributed by atoms with van der Waals surface area (Å²) in [6, 6.07) is 15.5. The van der Waals surface area contributed by atoms with Crippen molar-refractivity contribution in [1.29, 1.82) is 5.26 Å². The first-order valence-corrected chi connectivity index (χ1v) is 14.0. The van der Waals surface area contributed by atoms with E-state index < -0.39 is 9.84 Å². The number of aromatic nitrogens is 5. The van der Waals surface area contributed by atoms with Crippen molar-refractivity contribution in [2.24, 2.45) is 29.5 Å². The van der Waals surface area contributed by atoms with Gasteiger partial charge in [-0.3, -0.25) is 34.2 Å². The monoisotopic (exact) mass is 635 g/mol. The summed E-state index contributed by atoms with van der Waals surface area (Å²) in [5.41, 5.74) is 2.86. The smallest absolute Gasteiger partial charge is 0.175 e. The van der Waals surface area contributed by atoms with Gasteiger partial charge in [0.15, 0.2) is 23.2 Å². The molecular weight excluding hydrogens is 598 g/mol. The quantitative estimate of drug-likeness (QED) is 0.143. The second-order valence-corrected chi connectivity index (χ2v) is 9.78. The molecule has 0 fully saturated rings. The molecule has 4 aromatic rings. The van der Waals surface area contributed by atoms with Gasteiger partial charge < -0.3 is 0 Å². The van der Waals surface area contributed by atoms with Crippen LogP contribution in [-0.2, 0) is 60.6 Å².